The Kier molecular flexibility index (Phi) is 5.22. The summed E-state index contributed by atoms with van der Waals surface area (Å²) in [7, 11) is 4.19. The Balaban J connectivity index is 1.54. The van der Waals surface area contributed by atoms with Crippen LogP contribution in [0, 0.1) is 11.8 Å². The molecular weight excluding hydrogens is 216 g/mol. The van der Waals surface area contributed by atoms with Gasteiger partial charge in [0.2, 0.25) is 0 Å². The molecule has 0 aromatic heterocycles. The summed E-state index contributed by atoms with van der Waals surface area (Å²) >= 11 is 0. The first-order valence-electron chi connectivity index (χ1n) is 6.81. The molecule has 0 aromatic rings. The van der Waals surface area contributed by atoms with Crippen LogP contribution in [-0.2, 0) is 9.47 Å². The van der Waals surface area contributed by atoms with Gasteiger partial charge >= 0.3 is 0 Å². The maximum absolute atomic E-state index is 5.66. The minimum atomic E-state index is 0.518. The monoisotopic (exact) mass is 242 g/mol. The molecular formula is C13H26N2O2. The van der Waals surface area contributed by atoms with E-state index in [4.69, 9.17) is 9.47 Å². The van der Waals surface area contributed by atoms with Gasteiger partial charge in [0.05, 0.1) is 19.8 Å². The van der Waals surface area contributed by atoms with E-state index >= 15 is 0 Å². The van der Waals surface area contributed by atoms with Crippen molar-refractivity contribution in [3.8, 4) is 0 Å². The van der Waals surface area contributed by atoms with E-state index in [-0.39, 0.29) is 0 Å². The second-order valence-corrected chi connectivity index (χ2v) is 5.47. The van der Waals surface area contributed by atoms with Crippen LogP contribution >= 0.6 is 0 Å². The smallest absolute Gasteiger partial charge is 0.0623 e. The maximum Gasteiger partial charge on any atom is 0.0623 e. The Labute approximate surface area is 105 Å². The van der Waals surface area contributed by atoms with Crippen molar-refractivity contribution in [1.29, 1.82) is 0 Å². The van der Waals surface area contributed by atoms with Gasteiger partial charge in [-0.1, -0.05) is 0 Å². The molecule has 0 amide bonds. The van der Waals surface area contributed by atoms with Crippen molar-refractivity contribution in [2.75, 3.05) is 53.6 Å². The fourth-order valence-electron chi connectivity index (χ4n) is 2.34. The molecule has 0 spiro atoms. The van der Waals surface area contributed by atoms with Crippen LogP contribution in [-0.4, -0.2) is 64.6 Å². The number of hydrogen-bond acceptors (Lipinski definition) is 4. The largest absolute Gasteiger partial charge is 0.380 e. The number of ether oxygens (including phenoxy) is 2. The highest BCUT2D eigenvalue weighted by Crippen LogP contribution is 2.28. The lowest BCUT2D eigenvalue weighted by Crippen LogP contribution is -2.39. The van der Waals surface area contributed by atoms with Gasteiger partial charge in [-0.05, 0) is 32.9 Å². The van der Waals surface area contributed by atoms with Gasteiger partial charge in [0.25, 0.3) is 0 Å². The minimum Gasteiger partial charge on any atom is -0.380 e. The molecule has 4 heteroatoms. The summed E-state index contributed by atoms with van der Waals surface area (Å²) in [5, 5.41) is 3.33. The van der Waals surface area contributed by atoms with E-state index < -0.39 is 0 Å². The van der Waals surface area contributed by atoms with Crippen LogP contribution in [0.4, 0.5) is 0 Å². The highest BCUT2D eigenvalue weighted by Gasteiger charge is 2.27. The summed E-state index contributed by atoms with van der Waals surface area (Å²) in [6.07, 6.45) is 2.75. The predicted molar refractivity (Wildman–Crippen MR) is 68.2 cm³/mol. The van der Waals surface area contributed by atoms with Gasteiger partial charge in [-0.3, -0.25) is 0 Å². The van der Waals surface area contributed by atoms with E-state index in [2.05, 4.69) is 17.3 Å². The van der Waals surface area contributed by atoms with Crippen LogP contribution in [0.3, 0.4) is 0 Å². The van der Waals surface area contributed by atoms with E-state index in [0.29, 0.717) is 12.0 Å². The van der Waals surface area contributed by atoms with Gasteiger partial charge in [0, 0.05) is 31.7 Å². The van der Waals surface area contributed by atoms with Gasteiger partial charge in [0.1, 0.15) is 0 Å². The van der Waals surface area contributed by atoms with Crippen molar-refractivity contribution < 1.29 is 9.47 Å². The van der Waals surface area contributed by atoms with Crippen LogP contribution in [0.15, 0.2) is 0 Å². The number of rotatable bonds is 8. The topological polar surface area (TPSA) is 33.7 Å². The van der Waals surface area contributed by atoms with Crippen molar-refractivity contribution in [2.45, 2.75) is 18.9 Å². The van der Waals surface area contributed by atoms with Crippen molar-refractivity contribution in [3.63, 3.8) is 0 Å². The lowest BCUT2D eigenvalue weighted by atomic mass is 10.0. The molecule has 4 nitrogen and oxygen atoms in total. The third-order valence-corrected chi connectivity index (χ3v) is 3.78. The molecule has 0 bridgehead atoms. The van der Waals surface area contributed by atoms with Gasteiger partial charge in [-0.15, -0.1) is 0 Å². The zero-order valence-corrected chi connectivity index (χ0v) is 11.2. The summed E-state index contributed by atoms with van der Waals surface area (Å²) in [5.74, 6) is 1.49. The quantitative estimate of drug-likeness (QED) is 0.631. The molecule has 1 N–H and O–H groups in total. The second-order valence-electron chi connectivity index (χ2n) is 5.47. The molecule has 0 aromatic carbocycles. The third kappa shape index (κ3) is 4.54. The molecule has 0 radical (unpaired) electrons. The molecule has 1 saturated carbocycles. The first-order chi connectivity index (χ1) is 8.29. The van der Waals surface area contributed by atoms with Crippen molar-refractivity contribution in [2.24, 2.45) is 11.8 Å². The van der Waals surface area contributed by atoms with Crippen molar-refractivity contribution in [1.82, 2.24) is 10.2 Å². The summed E-state index contributed by atoms with van der Waals surface area (Å²) in [6, 6.07) is 0.518. The van der Waals surface area contributed by atoms with Crippen molar-refractivity contribution >= 4 is 0 Å². The summed E-state index contributed by atoms with van der Waals surface area (Å²) in [4.78, 5) is 2.36. The Bertz CT molecular complexity index is 221. The molecule has 1 heterocycles. The van der Waals surface area contributed by atoms with E-state index in [1.165, 1.54) is 12.8 Å². The molecule has 1 aliphatic carbocycles. The van der Waals surface area contributed by atoms with Crippen LogP contribution in [0.5, 0.6) is 0 Å². The average Bonchev–Trinajstić information content (AvgIpc) is 3.04. The van der Waals surface area contributed by atoms with Crippen LogP contribution in [0.1, 0.15) is 12.8 Å². The van der Waals surface area contributed by atoms with Gasteiger partial charge < -0.3 is 19.7 Å². The van der Waals surface area contributed by atoms with Crippen LogP contribution in [0.25, 0.3) is 0 Å². The highest BCUT2D eigenvalue weighted by atomic mass is 16.5. The first-order valence-corrected chi connectivity index (χ1v) is 6.81. The van der Waals surface area contributed by atoms with Gasteiger partial charge in [0.15, 0.2) is 0 Å². The molecule has 17 heavy (non-hydrogen) atoms. The first kappa shape index (κ1) is 13.3. The highest BCUT2D eigenvalue weighted by molar-refractivity contribution is 4.82. The maximum atomic E-state index is 5.66. The number of nitrogens with one attached hydrogen (secondary N) is 1. The second kappa shape index (κ2) is 6.69. The van der Waals surface area contributed by atoms with E-state index in [1.807, 2.05) is 7.05 Å². The zero-order chi connectivity index (χ0) is 12.1. The molecule has 2 rings (SSSR count). The Morgan fingerprint density at radius 3 is 2.88 bits per heavy atom. The van der Waals surface area contributed by atoms with E-state index in [9.17, 15) is 0 Å². The van der Waals surface area contributed by atoms with Crippen LogP contribution < -0.4 is 5.32 Å². The Morgan fingerprint density at radius 1 is 1.35 bits per heavy atom. The van der Waals surface area contributed by atoms with Gasteiger partial charge in [-0.25, -0.2) is 0 Å². The Morgan fingerprint density at radius 2 is 2.18 bits per heavy atom. The molecule has 1 saturated heterocycles. The molecule has 2 unspecified atom stereocenters. The van der Waals surface area contributed by atoms with Crippen molar-refractivity contribution in [3.05, 3.63) is 0 Å². The fraction of sp³-hybridized carbons (Fsp3) is 1.00. The van der Waals surface area contributed by atoms with Gasteiger partial charge in [-0.2, -0.15) is 0 Å². The Hall–Kier alpha value is -0.160. The fourth-order valence-corrected chi connectivity index (χ4v) is 2.34. The molecule has 2 fully saturated rings. The summed E-state index contributed by atoms with van der Waals surface area (Å²) in [6.45, 7) is 5.70. The van der Waals surface area contributed by atoms with Crippen LogP contribution in [0.2, 0.25) is 0 Å². The molecule has 1 aliphatic heterocycles. The number of nitrogens with zero attached hydrogens (tertiary/aromatic N) is 1. The molecule has 100 valence electrons. The number of likely N-dealkylation sites (N-methyl/N-ethyl adjacent to an activating group) is 2. The minimum absolute atomic E-state index is 0.518. The predicted octanol–water partition coefficient (Wildman–Crippen LogP) is 0.579. The number of hydrogen-bond donors (Lipinski definition) is 1. The third-order valence-electron chi connectivity index (χ3n) is 3.78. The lowest BCUT2D eigenvalue weighted by Gasteiger charge is -2.23. The summed E-state index contributed by atoms with van der Waals surface area (Å²) < 4.78 is 11.2. The average molecular weight is 242 g/mol. The standard InChI is InChI=1S/C13H26N2O2/c1-14-13-10-17-9-12(13)7-15(2)5-6-16-8-11-3-4-11/h11-14H,3-10H2,1-2H3. The lowest BCUT2D eigenvalue weighted by molar-refractivity contribution is 0.0967. The molecule has 2 atom stereocenters. The van der Waals surface area contributed by atoms with E-state index in [0.717, 1.165) is 45.4 Å². The normalized spacial score (nSPS) is 29.1. The summed E-state index contributed by atoms with van der Waals surface area (Å²) in [5.41, 5.74) is 0. The zero-order valence-electron chi connectivity index (χ0n) is 11.2. The SMILES string of the molecule is CNC1COCC1CN(C)CCOCC1CC1. The molecule has 2 aliphatic rings. The van der Waals surface area contributed by atoms with E-state index in [1.54, 1.807) is 0 Å².